The van der Waals surface area contributed by atoms with Crippen molar-refractivity contribution in [1.29, 1.82) is 0 Å². The highest BCUT2D eigenvalue weighted by Gasteiger charge is 2.28. The van der Waals surface area contributed by atoms with Gasteiger partial charge in [0.15, 0.2) is 5.16 Å². The fourth-order valence-electron chi connectivity index (χ4n) is 4.60. The molecule has 1 amide bonds. The van der Waals surface area contributed by atoms with Crippen LogP contribution in [-0.4, -0.2) is 38.7 Å². The van der Waals surface area contributed by atoms with E-state index in [4.69, 9.17) is 9.40 Å². The Morgan fingerprint density at radius 2 is 2.19 bits per heavy atom. The van der Waals surface area contributed by atoms with Crippen LogP contribution in [0.2, 0.25) is 0 Å². The first-order chi connectivity index (χ1) is 15.0. The quantitative estimate of drug-likeness (QED) is 0.421. The predicted octanol–water partition coefficient (Wildman–Crippen LogP) is 4.33. The number of hydrogen-bond acceptors (Lipinski definition) is 6. The molecule has 2 atom stereocenters. The number of thioether (sulfide) groups is 1. The van der Waals surface area contributed by atoms with Gasteiger partial charge in [-0.3, -0.25) is 14.2 Å². The standard InChI is InChI=1S/C23H27N3O3S2/c1-14-7-8-17-18(12-14)31-20-19(17)22(28)26(13-16-6-5-11-29-16)23(24-20)30-15(2)21(27)25-9-3-4-10-25/h5-6,11,14-15H,3-4,7-10,12-13H2,1-2H3. The first kappa shape index (κ1) is 20.8. The molecule has 2 aliphatic rings. The van der Waals surface area contributed by atoms with Crippen LogP contribution in [0.1, 0.15) is 49.3 Å². The molecule has 5 rings (SSSR count). The van der Waals surface area contributed by atoms with Crippen molar-refractivity contribution in [1.82, 2.24) is 14.5 Å². The molecule has 4 heterocycles. The third-order valence-corrected chi connectivity index (χ3v) is 8.55. The van der Waals surface area contributed by atoms with E-state index in [1.165, 1.54) is 22.2 Å². The molecule has 2 unspecified atom stereocenters. The monoisotopic (exact) mass is 457 g/mol. The van der Waals surface area contributed by atoms with Gasteiger partial charge in [-0.1, -0.05) is 18.7 Å². The van der Waals surface area contributed by atoms with Crippen LogP contribution < -0.4 is 5.56 Å². The van der Waals surface area contributed by atoms with Gasteiger partial charge in [-0.25, -0.2) is 4.98 Å². The Morgan fingerprint density at radius 1 is 1.39 bits per heavy atom. The van der Waals surface area contributed by atoms with Gasteiger partial charge in [-0.15, -0.1) is 11.3 Å². The first-order valence-electron chi connectivity index (χ1n) is 11.0. The highest BCUT2D eigenvalue weighted by Crippen LogP contribution is 2.37. The van der Waals surface area contributed by atoms with Gasteiger partial charge in [0.1, 0.15) is 10.6 Å². The molecule has 8 heteroatoms. The van der Waals surface area contributed by atoms with Gasteiger partial charge >= 0.3 is 0 Å². The van der Waals surface area contributed by atoms with Crippen LogP contribution in [0, 0.1) is 5.92 Å². The van der Waals surface area contributed by atoms with Gasteiger partial charge in [0.25, 0.3) is 5.56 Å². The molecule has 3 aromatic heterocycles. The van der Waals surface area contributed by atoms with Crippen molar-refractivity contribution in [3.8, 4) is 0 Å². The molecule has 1 aliphatic carbocycles. The van der Waals surface area contributed by atoms with Gasteiger partial charge in [0.2, 0.25) is 5.91 Å². The number of likely N-dealkylation sites (tertiary alicyclic amines) is 1. The smallest absolute Gasteiger partial charge is 0.263 e. The average molecular weight is 458 g/mol. The SMILES string of the molecule is CC1CCc2c(sc3nc(SC(C)C(=O)N4CCCC4)n(Cc4ccco4)c(=O)c23)C1. The molecule has 3 aromatic rings. The normalized spacial score (nSPS) is 19.7. The molecule has 31 heavy (non-hydrogen) atoms. The summed E-state index contributed by atoms with van der Waals surface area (Å²) in [7, 11) is 0. The predicted molar refractivity (Wildman–Crippen MR) is 124 cm³/mol. The van der Waals surface area contributed by atoms with Gasteiger partial charge < -0.3 is 9.32 Å². The summed E-state index contributed by atoms with van der Waals surface area (Å²) in [5.74, 6) is 1.47. The molecule has 0 spiro atoms. The maximum atomic E-state index is 13.7. The summed E-state index contributed by atoms with van der Waals surface area (Å²) in [5, 5.41) is 1.07. The molecule has 6 nitrogen and oxygen atoms in total. The summed E-state index contributed by atoms with van der Waals surface area (Å²) in [6.07, 6.45) is 6.80. The molecule has 0 radical (unpaired) electrons. The number of aryl methyl sites for hydroxylation is 1. The number of rotatable bonds is 5. The Hall–Kier alpha value is -2.06. The average Bonchev–Trinajstić information content (AvgIpc) is 3.50. The van der Waals surface area contributed by atoms with Gasteiger partial charge in [-0.2, -0.15) is 0 Å². The zero-order valence-corrected chi connectivity index (χ0v) is 19.6. The number of aromatic nitrogens is 2. The summed E-state index contributed by atoms with van der Waals surface area (Å²) >= 11 is 3.04. The Morgan fingerprint density at radius 3 is 2.94 bits per heavy atom. The summed E-state index contributed by atoms with van der Waals surface area (Å²) in [4.78, 5) is 35.5. The minimum absolute atomic E-state index is 0.0169. The molecule has 1 saturated heterocycles. The maximum Gasteiger partial charge on any atom is 0.263 e. The number of carbonyl (C=O) groups excluding carboxylic acids is 1. The Bertz CT molecular complexity index is 1160. The molecular weight excluding hydrogens is 430 g/mol. The van der Waals surface area contributed by atoms with E-state index in [1.807, 2.05) is 24.0 Å². The number of carbonyl (C=O) groups is 1. The molecule has 1 aliphatic heterocycles. The zero-order chi connectivity index (χ0) is 21.5. The van der Waals surface area contributed by atoms with Crippen LogP contribution in [0.25, 0.3) is 10.2 Å². The number of amides is 1. The minimum Gasteiger partial charge on any atom is -0.467 e. The molecule has 0 N–H and O–H groups in total. The third-order valence-electron chi connectivity index (χ3n) is 6.32. The molecule has 0 saturated carbocycles. The lowest BCUT2D eigenvalue weighted by atomic mass is 9.89. The number of hydrogen-bond donors (Lipinski definition) is 0. The first-order valence-corrected chi connectivity index (χ1v) is 12.7. The summed E-state index contributed by atoms with van der Waals surface area (Å²) in [6.45, 7) is 6.15. The van der Waals surface area contributed by atoms with Crippen molar-refractivity contribution in [2.24, 2.45) is 5.92 Å². The molecule has 164 valence electrons. The van der Waals surface area contributed by atoms with E-state index in [0.717, 1.165) is 55.4 Å². The van der Waals surface area contributed by atoms with E-state index in [-0.39, 0.29) is 16.7 Å². The minimum atomic E-state index is -0.292. The fourth-order valence-corrected chi connectivity index (χ4v) is 7.01. The van der Waals surface area contributed by atoms with E-state index in [2.05, 4.69) is 6.92 Å². The number of thiophene rings is 1. The lowest BCUT2D eigenvalue weighted by molar-refractivity contribution is -0.129. The number of fused-ring (bicyclic) bond motifs is 3. The molecule has 0 aromatic carbocycles. The highest BCUT2D eigenvalue weighted by atomic mass is 32.2. The lowest BCUT2D eigenvalue weighted by Crippen LogP contribution is -2.34. The highest BCUT2D eigenvalue weighted by molar-refractivity contribution is 8.00. The maximum absolute atomic E-state index is 13.7. The van der Waals surface area contributed by atoms with Gasteiger partial charge in [0, 0.05) is 18.0 Å². The van der Waals surface area contributed by atoms with E-state index in [0.29, 0.717) is 23.4 Å². The van der Waals surface area contributed by atoms with Crippen LogP contribution in [0.3, 0.4) is 0 Å². The third kappa shape index (κ3) is 3.96. The fraction of sp³-hybridized carbons (Fsp3) is 0.522. The Kier molecular flexibility index (Phi) is 5.69. The van der Waals surface area contributed by atoms with Crippen molar-refractivity contribution in [3.05, 3.63) is 45.0 Å². The van der Waals surface area contributed by atoms with E-state index in [1.54, 1.807) is 22.2 Å². The molecule has 1 fully saturated rings. The van der Waals surface area contributed by atoms with Crippen LogP contribution in [-0.2, 0) is 24.2 Å². The van der Waals surface area contributed by atoms with E-state index < -0.39 is 0 Å². The Labute approximate surface area is 189 Å². The zero-order valence-electron chi connectivity index (χ0n) is 17.9. The second-order valence-electron chi connectivity index (χ2n) is 8.69. The topological polar surface area (TPSA) is 68.3 Å². The van der Waals surface area contributed by atoms with E-state index in [9.17, 15) is 9.59 Å². The van der Waals surface area contributed by atoms with Gasteiger partial charge in [0.05, 0.1) is 23.4 Å². The van der Waals surface area contributed by atoms with Crippen molar-refractivity contribution in [3.63, 3.8) is 0 Å². The largest absolute Gasteiger partial charge is 0.467 e. The second-order valence-corrected chi connectivity index (χ2v) is 11.1. The van der Waals surface area contributed by atoms with Crippen LogP contribution in [0.5, 0.6) is 0 Å². The van der Waals surface area contributed by atoms with Crippen LogP contribution in [0.4, 0.5) is 0 Å². The van der Waals surface area contributed by atoms with Crippen molar-refractivity contribution in [2.75, 3.05) is 13.1 Å². The Balaban J connectivity index is 1.56. The number of nitrogens with zero attached hydrogens (tertiary/aromatic N) is 3. The molecular formula is C23H27N3O3S2. The lowest BCUT2D eigenvalue weighted by Gasteiger charge is -2.21. The van der Waals surface area contributed by atoms with Crippen LogP contribution >= 0.6 is 23.1 Å². The van der Waals surface area contributed by atoms with Crippen LogP contribution in [0.15, 0.2) is 32.8 Å². The number of furan rings is 1. The summed E-state index contributed by atoms with van der Waals surface area (Å²) < 4.78 is 7.23. The van der Waals surface area contributed by atoms with E-state index >= 15 is 0 Å². The van der Waals surface area contributed by atoms with Gasteiger partial charge in [-0.05, 0) is 62.6 Å². The molecule has 0 bridgehead atoms. The van der Waals surface area contributed by atoms with Crippen molar-refractivity contribution < 1.29 is 9.21 Å². The second kappa shape index (κ2) is 8.47. The van der Waals surface area contributed by atoms with Crippen molar-refractivity contribution >= 4 is 39.2 Å². The summed E-state index contributed by atoms with van der Waals surface area (Å²) in [5.41, 5.74) is 1.17. The van der Waals surface area contributed by atoms with Crippen molar-refractivity contribution in [2.45, 2.75) is 62.9 Å². The summed E-state index contributed by atoms with van der Waals surface area (Å²) in [6, 6.07) is 3.70.